The molecule has 2 N–H and O–H groups in total. The van der Waals surface area contributed by atoms with Crippen molar-refractivity contribution in [1.82, 2.24) is 20.6 Å². The van der Waals surface area contributed by atoms with E-state index in [4.69, 9.17) is 4.74 Å². The lowest BCUT2D eigenvalue weighted by Crippen LogP contribution is -2.55. The van der Waals surface area contributed by atoms with Crippen LogP contribution in [0.5, 0.6) is 5.75 Å². The van der Waals surface area contributed by atoms with E-state index >= 15 is 8.78 Å². The average molecular weight is 411 g/mol. The van der Waals surface area contributed by atoms with Crippen molar-refractivity contribution in [2.24, 2.45) is 5.10 Å². The van der Waals surface area contributed by atoms with E-state index in [9.17, 15) is 13.9 Å². The lowest BCUT2D eigenvalue weighted by atomic mass is 9.84. The number of halogens is 4. The first-order chi connectivity index (χ1) is 13.7. The molecule has 0 aliphatic carbocycles. The molecule has 7 nitrogen and oxygen atoms in total. The van der Waals surface area contributed by atoms with Gasteiger partial charge in [0.15, 0.2) is 5.60 Å². The highest BCUT2D eigenvalue weighted by Crippen LogP contribution is 2.46. The number of nitrogens with zero attached hydrogens (tertiary/aromatic N) is 4. The first-order valence-corrected chi connectivity index (χ1v) is 8.28. The summed E-state index contributed by atoms with van der Waals surface area (Å²) in [5.41, 5.74) is -2.22. The van der Waals surface area contributed by atoms with Crippen LogP contribution >= 0.6 is 0 Å². The summed E-state index contributed by atoms with van der Waals surface area (Å²) in [6.45, 7) is 2.52. The van der Waals surface area contributed by atoms with Gasteiger partial charge in [0.1, 0.15) is 29.4 Å². The van der Waals surface area contributed by atoms with Crippen LogP contribution in [0, 0.1) is 11.6 Å². The molecule has 1 atom stereocenters. The zero-order chi connectivity index (χ0) is 21.2. The van der Waals surface area contributed by atoms with Crippen LogP contribution < -0.4 is 10.3 Å². The predicted molar refractivity (Wildman–Crippen MR) is 95.3 cm³/mol. The van der Waals surface area contributed by atoms with Crippen LogP contribution in [0.25, 0.3) is 0 Å². The second-order valence-corrected chi connectivity index (χ2v) is 6.20. The molecule has 1 aliphatic rings. The Morgan fingerprint density at radius 3 is 2.59 bits per heavy atom. The molecule has 1 aliphatic heterocycles. The largest absolute Gasteiger partial charge is 0.464 e. The van der Waals surface area contributed by atoms with Crippen molar-refractivity contribution in [2.75, 3.05) is 13.6 Å². The Hall–Kier alpha value is -3.18. The Labute approximate surface area is 163 Å². The van der Waals surface area contributed by atoms with Crippen molar-refractivity contribution >= 4 is 6.34 Å². The van der Waals surface area contributed by atoms with Crippen LogP contribution in [0.3, 0.4) is 0 Å². The highest BCUT2D eigenvalue weighted by Gasteiger charge is 2.58. The van der Waals surface area contributed by atoms with Gasteiger partial charge in [-0.05, 0) is 24.3 Å². The molecule has 154 valence electrons. The number of alkyl halides is 2. The topological polar surface area (TPSA) is 73.2 Å². The van der Waals surface area contributed by atoms with Crippen molar-refractivity contribution in [1.29, 1.82) is 0 Å². The van der Waals surface area contributed by atoms with E-state index in [1.807, 2.05) is 0 Å². The standard InChI is InChI=1S/C18H17F4N5O2/c1-3-29-13-5-7-16(23-9-13)18(21,22)17(28,10-27-11-24-26(2)25-27)14-6-4-12(19)8-15(14)20/h3-9,11,25,28H,1,10H2,2H3. The average Bonchev–Trinajstić information content (AvgIpc) is 3.06. The highest BCUT2D eigenvalue weighted by molar-refractivity contribution is 5.55. The quantitative estimate of drug-likeness (QED) is 0.539. The fraction of sp³-hybridized carbons (Fsp3) is 0.222. The summed E-state index contributed by atoms with van der Waals surface area (Å²) in [7, 11) is 1.49. The summed E-state index contributed by atoms with van der Waals surface area (Å²) in [6, 6.07) is 4.10. The molecule has 1 aromatic carbocycles. The van der Waals surface area contributed by atoms with Crippen molar-refractivity contribution in [3.63, 3.8) is 0 Å². The van der Waals surface area contributed by atoms with Crippen LogP contribution in [-0.4, -0.2) is 40.1 Å². The molecule has 29 heavy (non-hydrogen) atoms. The van der Waals surface area contributed by atoms with Gasteiger partial charge >= 0.3 is 5.92 Å². The number of pyridine rings is 1. The number of hydrazine groups is 2. The second-order valence-electron chi connectivity index (χ2n) is 6.20. The molecule has 1 unspecified atom stereocenters. The van der Waals surface area contributed by atoms with Gasteiger partial charge in [-0.25, -0.2) is 13.9 Å². The molecular weight excluding hydrogens is 394 g/mol. The third-order valence-electron chi connectivity index (χ3n) is 4.21. The number of hydrogen-bond donors (Lipinski definition) is 2. The van der Waals surface area contributed by atoms with E-state index in [2.05, 4.69) is 22.2 Å². The van der Waals surface area contributed by atoms with Gasteiger partial charge in [0, 0.05) is 18.7 Å². The number of rotatable bonds is 7. The molecule has 1 aromatic heterocycles. The van der Waals surface area contributed by atoms with Crippen LogP contribution in [0.2, 0.25) is 0 Å². The van der Waals surface area contributed by atoms with E-state index in [-0.39, 0.29) is 5.75 Å². The minimum atomic E-state index is -4.09. The molecule has 11 heteroatoms. The van der Waals surface area contributed by atoms with E-state index in [1.54, 1.807) is 0 Å². The number of aliphatic hydroxyl groups is 1. The van der Waals surface area contributed by atoms with Crippen LogP contribution in [0.15, 0.2) is 54.5 Å². The molecule has 3 rings (SSSR count). The van der Waals surface area contributed by atoms with Gasteiger partial charge in [0.05, 0.1) is 19.0 Å². The molecule has 0 spiro atoms. The maximum Gasteiger partial charge on any atom is 0.323 e. The molecule has 0 amide bonds. The summed E-state index contributed by atoms with van der Waals surface area (Å²) in [5, 5.41) is 17.1. The van der Waals surface area contributed by atoms with Gasteiger partial charge < -0.3 is 9.84 Å². The van der Waals surface area contributed by atoms with Crippen molar-refractivity contribution in [3.8, 4) is 5.75 Å². The summed E-state index contributed by atoms with van der Waals surface area (Å²) >= 11 is 0. The zero-order valence-corrected chi connectivity index (χ0v) is 15.2. The number of nitrogens with one attached hydrogen (secondary N) is 1. The number of β-amino-alcohol motifs (C(OH)–C–C–N with tert-alkyl or cyclic N) is 1. The summed E-state index contributed by atoms with van der Waals surface area (Å²) in [4.78, 5) is 3.64. The van der Waals surface area contributed by atoms with Gasteiger partial charge in [0.25, 0.3) is 0 Å². The molecule has 0 fully saturated rings. The highest BCUT2D eigenvalue weighted by atomic mass is 19.3. The molecular formula is C18H17F4N5O2. The maximum absolute atomic E-state index is 15.5. The van der Waals surface area contributed by atoms with E-state index in [0.717, 1.165) is 42.0 Å². The number of benzene rings is 1. The smallest absolute Gasteiger partial charge is 0.323 e. The Bertz CT molecular complexity index is 925. The first kappa shape index (κ1) is 20.6. The summed E-state index contributed by atoms with van der Waals surface area (Å²) in [6.07, 6.45) is 3.24. The van der Waals surface area contributed by atoms with E-state index in [0.29, 0.717) is 6.07 Å². The summed E-state index contributed by atoms with van der Waals surface area (Å²) in [5.74, 6) is -6.24. The SMILES string of the molecule is C=COc1ccc(C(F)(F)C(O)(CN2C=NN(C)N2)c2ccc(F)cc2F)nc1. The number of ether oxygens (including phenoxy) is 1. The van der Waals surface area contributed by atoms with Gasteiger partial charge in [0.2, 0.25) is 0 Å². The minimum absolute atomic E-state index is 0.144. The Morgan fingerprint density at radius 2 is 2.03 bits per heavy atom. The predicted octanol–water partition coefficient (Wildman–Crippen LogP) is 2.47. The van der Waals surface area contributed by atoms with Gasteiger partial charge in [-0.2, -0.15) is 8.78 Å². The third kappa shape index (κ3) is 3.87. The third-order valence-corrected chi connectivity index (χ3v) is 4.21. The van der Waals surface area contributed by atoms with Crippen LogP contribution in [0.1, 0.15) is 11.3 Å². The van der Waals surface area contributed by atoms with Gasteiger partial charge in [-0.3, -0.25) is 9.99 Å². The molecule has 0 radical (unpaired) electrons. The Kier molecular flexibility index (Phi) is 5.44. The Morgan fingerprint density at radius 1 is 1.28 bits per heavy atom. The minimum Gasteiger partial charge on any atom is -0.464 e. The first-order valence-electron chi connectivity index (χ1n) is 8.28. The molecule has 2 heterocycles. The van der Waals surface area contributed by atoms with Crippen molar-refractivity contribution < 1.29 is 27.4 Å². The lowest BCUT2D eigenvalue weighted by molar-refractivity contribution is -0.207. The van der Waals surface area contributed by atoms with Gasteiger partial charge in [-0.15, -0.1) is 10.6 Å². The van der Waals surface area contributed by atoms with Crippen molar-refractivity contribution in [3.05, 3.63) is 72.3 Å². The summed E-state index contributed by atoms with van der Waals surface area (Å²) < 4.78 is 63.7. The monoisotopic (exact) mass is 411 g/mol. The molecule has 0 saturated carbocycles. The molecule has 0 bridgehead atoms. The molecule has 0 saturated heterocycles. The number of hydrogen-bond acceptors (Lipinski definition) is 7. The second kappa shape index (κ2) is 7.68. The Balaban J connectivity index is 2.07. The van der Waals surface area contributed by atoms with Crippen LogP contribution in [-0.2, 0) is 11.5 Å². The number of hydrazone groups is 1. The molecule has 2 aromatic rings. The maximum atomic E-state index is 15.5. The normalized spacial score (nSPS) is 16.1. The fourth-order valence-electron chi connectivity index (χ4n) is 2.82. The van der Waals surface area contributed by atoms with Crippen LogP contribution in [0.4, 0.5) is 17.6 Å². The number of aromatic nitrogens is 1. The lowest BCUT2D eigenvalue weighted by Gasteiger charge is -2.38. The fourth-order valence-corrected chi connectivity index (χ4v) is 2.82. The van der Waals surface area contributed by atoms with Crippen molar-refractivity contribution in [2.45, 2.75) is 11.5 Å². The van der Waals surface area contributed by atoms with E-state index < -0.39 is 41.0 Å². The van der Waals surface area contributed by atoms with Gasteiger partial charge in [-0.1, -0.05) is 6.58 Å². The zero-order valence-electron chi connectivity index (χ0n) is 15.2. The van der Waals surface area contributed by atoms with E-state index in [1.165, 1.54) is 18.2 Å².